The van der Waals surface area contributed by atoms with Gasteiger partial charge in [0, 0.05) is 12.4 Å². The first kappa shape index (κ1) is 11.4. The molecular weight excluding hydrogens is 220 g/mol. The molecule has 0 atom stereocenters. The highest BCUT2D eigenvalue weighted by atomic mass is 16.4. The van der Waals surface area contributed by atoms with Crippen LogP contribution >= 0.6 is 0 Å². The monoisotopic (exact) mass is 234 g/mol. The van der Waals surface area contributed by atoms with Crippen molar-refractivity contribution in [2.45, 2.75) is 26.9 Å². The van der Waals surface area contributed by atoms with Crippen molar-refractivity contribution in [3.63, 3.8) is 0 Å². The van der Waals surface area contributed by atoms with Gasteiger partial charge in [-0.3, -0.25) is 9.36 Å². The van der Waals surface area contributed by atoms with Gasteiger partial charge in [0.2, 0.25) is 0 Å². The van der Waals surface area contributed by atoms with E-state index in [1.54, 1.807) is 29.4 Å². The standard InChI is InChI=1S/C11H14N4O2/c1-8-10(11(16)17)9(2)15(13-8)7-6-14-5-3-4-12-14/h3-5H,6-7H2,1-2H3,(H,16,17). The summed E-state index contributed by atoms with van der Waals surface area (Å²) in [6.45, 7) is 4.77. The summed E-state index contributed by atoms with van der Waals surface area (Å²) in [5.74, 6) is -0.926. The molecule has 0 bridgehead atoms. The van der Waals surface area contributed by atoms with E-state index in [0.717, 1.165) is 0 Å². The lowest BCUT2D eigenvalue weighted by Gasteiger charge is -2.04. The number of hydrogen-bond donors (Lipinski definition) is 1. The molecule has 0 saturated heterocycles. The molecule has 0 aliphatic rings. The average Bonchev–Trinajstić information content (AvgIpc) is 2.84. The summed E-state index contributed by atoms with van der Waals surface area (Å²) < 4.78 is 3.50. The minimum atomic E-state index is -0.926. The van der Waals surface area contributed by atoms with Crippen LogP contribution in [0.15, 0.2) is 18.5 Å². The van der Waals surface area contributed by atoms with Crippen LogP contribution in [0.25, 0.3) is 0 Å². The Balaban J connectivity index is 2.17. The molecule has 0 amide bonds. The second-order valence-corrected chi connectivity index (χ2v) is 3.84. The third-order valence-corrected chi connectivity index (χ3v) is 2.70. The first-order valence-corrected chi connectivity index (χ1v) is 5.34. The van der Waals surface area contributed by atoms with Crippen LogP contribution < -0.4 is 0 Å². The van der Waals surface area contributed by atoms with E-state index in [1.807, 2.05) is 12.3 Å². The van der Waals surface area contributed by atoms with Gasteiger partial charge in [0.25, 0.3) is 0 Å². The topological polar surface area (TPSA) is 72.9 Å². The van der Waals surface area contributed by atoms with Crippen molar-refractivity contribution in [3.8, 4) is 0 Å². The first-order valence-electron chi connectivity index (χ1n) is 5.34. The highest BCUT2D eigenvalue weighted by Gasteiger charge is 2.17. The number of aromatic nitrogens is 4. The zero-order valence-corrected chi connectivity index (χ0v) is 9.79. The van der Waals surface area contributed by atoms with Crippen molar-refractivity contribution in [3.05, 3.63) is 35.4 Å². The summed E-state index contributed by atoms with van der Waals surface area (Å²) in [5.41, 5.74) is 1.53. The summed E-state index contributed by atoms with van der Waals surface area (Å²) in [7, 11) is 0. The molecule has 2 heterocycles. The maximum atomic E-state index is 11.0. The third-order valence-electron chi connectivity index (χ3n) is 2.70. The van der Waals surface area contributed by atoms with Crippen LogP contribution in [0, 0.1) is 13.8 Å². The van der Waals surface area contributed by atoms with E-state index >= 15 is 0 Å². The van der Waals surface area contributed by atoms with Gasteiger partial charge in [0.05, 0.1) is 24.5 Å². The van der Waals surface area contributed by atoms with Gasteiger partial charge in [0.15, 0.2) is 0 Å². The third kappa shape index (κ3) is 2.20. The molecule has 0 aromatic carbocycles. The van der Waals surface area contributed by atoms with Crippen molar-refractivity contribution in [2.75, 3.05) is 0 Å². The smallest absolute Gasteiger partial charge is 0.339 e. The molecule has 0 spiro atoms. The number of carboxylic acid groups (broad SMARTS) is 1. The van der Waals surface area contributed by atoms with E-state index in [4.69, 9.17) is 5.11 Å². The number of hydrogen-bond acceptors (Lipinski definition) is 3. The van der Waals surface area contributed by atoms with Crippen LogP contribution in [-0.2, 0) is 13.1 Å². The molecule has 1 N–H and O–H groups in total. The summed E-state index contributed by atoms with van der Waals surface area (Å²) >= 11 is 0. The van der Waals surface area contributed by atoms with E-state index in [2.05, 4.69) is 10.2 Å². The van der Waals surface area contributed by atoms with Crippen molar-refractivity contribution in [2.24, 2.45) is 0 Å². The van der Waals surface area contributed by atoms with Gasteiger partial charge in [0.1, 0.15) is 5.56 Å². The van der Waals surface area contributed by atoms with Crippen LogP contribution in [0.2, 0.25) is 0 Å². The van der Waals surface area contributed by atoms with Crippen molar-refractivity contribution in [1.82, 2.24) is 19.6 Å². The van der Waals surface area contributed by atoms with Gasteiger partial charge in [-0.2, -0.15) is 10.2 Å². The highest BCUT2D eigenvalue weighted by Crippen LogP contribution is 2.12. The predicted octanol–water partition coefficient (Wildman–Crippen LogP) is 1.09. The maximum Gasteiger partial charge on any atom is 0.339 e. The van der Waals surface area contributed by atoms with Crippen LogP contribution in [0.5, 0.6) is 0 Å². The SMILES string of the molecule is Cc1nn(CCn2cccn2)c(C)c1C(=O)O. The largest absolute Gasteiger partial charge is 0.478 e. The van der Waals surface area contributed by atoms with Crippen molar-refractivity contribution >= 4 is 5.97 Å². The summed E-state index contributed by atoms with van der Waals surface area (Å²) in [4.78, 5) is 11.0. The summed E-state index contributed by atoms with van der Waals surface area (Å²) in [6.07, 6.45) is 3.58. The average molecular weight is 234 g/mol. The van der Waals surface area contributed by atoms with Gasteiger partial charge in [-0.1, -0.05) is 0 Å². The Morgan fingerprint density at radius 1 is 1.41 bits per heavy atom. The second-order valence-electron chi connectivity index (χ2n) is 3.84. The van der Waals surface area contributed by atoms with Gasteiger partial charge in [-0.05, 0) is 19.9 Å². The van der Waals surface area contributed by atoms with Crippen molar-refractivity contribution in [1.29, 1.82) is 0 Å². The Labute approximate surface area is 98.5 Å². The quantitative estimate of drug-likeness (QED) is 0.859. The fourth-order valence-electron chi connectivity index (χ4n) is 1.85. The molecule has 0 fully saturated rings. The Hall–Kier alpha value is -2.11. The number of carbonyl (C=O) groups is 1. The lowest BCUT2D eigenvalue weighted by molar-refractivity contribution is 0.0695. The second kappa shape index (κ2) is 4.40. The van der Waals surface area contributed by atoms with Crippen LogP contribution in [0.1, 0.15) is 21.7 Å². The van der Waals surface area contributed by atoms with Crippen molar-refractivity contribution < 1.29 is 9.90 Å². The fourth-order valence-corrected chi connectivity index (χ4v) is 1.85. The molecule has 2 aromatic heterocycles. The predicted molar refractivity (Wildman–Crippen MR) is 60.9 cm³/mol. The first-order chi connectivity index (χ1) is 8.09. The van der Waals surface area contributed by atoms with E-state index in [9.17, 15) is 4.79 Å². The molecule has 6 heteroatoms. The molecule has 17 heavy (non-hydrogen) atoms. The van der Waals surface area contributed by atoms with E-state index < -0.39 is 5.97 Å². The zero-order valence-electron chi connectivity index (χ0n) is 9.79. The van der Waals surface area contributed by atoms with Crippen LogP contribution in [0.4, 0.5) is 0 Å². The Bertz CT molecular complexity index is 528. The highest BCUT2D eigenvalue weighted by molar-refractivity contribution is 5.90. The number of rotatable bonds is 4. The molecule has 0 radical (unpaired) electrons. The summed E-state index contributed by atoms with van der Waals surface area (Å²) in [6, 6.07) is 1.85. The number of aryl methyl sites for hydroxylation is 3. The molecule has 0 aliphatic carbocycles. The molecule has 0 aliphatic heterocycles. The molecule has 2 rings (SSSR count). The maximum absolute atomic E-state index is 11.0. The minimum Gasteiger partial charge on any atom is -0.478 e. The zero-order chi connectivity index (χ0) is 12.4. The van der Waals surface area contributed by atoms with Gasteiger partial charge in [-0.15, -0.1) is 0 Å². The molecule has 90 valence electrons. The molecule has 0 unspecified atom stereocenters. The van der Waals surface area contributed by atoms with Gasteiger partial charge in [-0.25, -0.2) is 4.79 Å². The number of carboxylic acids is 1. The lowest BCUT2D eigenvalue weighted by Crippen LogP contribution is -2.11. The molecule has 2 aromatic rings. The Kier molecular flexibility index (Phi) is 2.95. The van der Waals surface area contributed by atoms with E-state index in [1.165, 1.54) is 0 Å². The number of nitrogens with zero attached hydrogens (tertiary/aromatic N) is 4. The molecule has 6 nitrogen and oxygen atoms in total. The Morgan fingerprint density at radius 2 is 2.18 bits per heavy atom. The number of aromatic carboxylic acids is 1. The molecular formula is C11H14N4O2. The normalized spacial score (nSPS) is 10.7. The van der Waals surface area contributed by atoms with Gasteiger partial charge < -0.3 is 5.11 Å². The fraction of sp³-hybridized carbons (Fsp3) is 0.364. The van der Waals surface area contributed by atoms with E-state index in [0.29, 0.717) is 30.0 Å². The molecule has 0 saturated carbocycles. The van der Waals surface area contributed by atoms with Crippen LogP contribution in [-0.4, -0.2) is 30.6 Å². The minimum absolute atomic E-state index is 0.297. The van der Waals surface area contributed by atoms with Gasteiger partial charge >= 0.3 is 5.97 Å². The van der Waals surface area contributed by atoms with E-state index in [-0.39, 0.29) is 0 Å². The Morgan fingerprint density at radius 3 is 2.71 bits per heavy atom. The summed E-state index contributed by atoms with van der Waals surface area (Å²) in [5, 5.41) is 17.4. The lowest BCUT2D eigenvalue weighted by atomic mass is 10.2. The van der Waals surface area contributed by atoms with Crippen LogP contribution in [0.3, 0.4) is 0 Å².